The molecule has 2 aromatic carbocycles. The number of nitrogens with one attached hydrogen (secondary N) is 1. The number of carbonyl (C=O) groups is 1. The Morgan fingerprint density at radius 1 is 1.04 bits per heavy atom. The van der Waals surface area contributed by atoms with Gasteiger partial charge in [0.25, 0.3) is 0 Å². The number of rotatable bonds is 5. The number of amides is 2. The van der Waals surface area contributed by atoms with Crippen LogP contribution in [0, 0.1) is 0 Å². The van der Waals surface area contributed by atoms with Crippen LogP contribution in [-0.2, 0) is 6.42 Å². The van der Waals surface area contributed by atoms with Gasteiger partial charge in [0.15, 0.2) is 0 Å². The molecule has 2 amide bonds. The first kappa shape index (κ1) is 16.3. The van der Waals surface area contributed by atoms with Gasteiger partial charge in [0.05, 0.1) is 12.2 Å². The second-order valence-corrected chi connectivity index (χ2v) is 6.48. The number of aromatic nitrogens is 3. The fourth-order valence-corrected chi connectivity index (χ4v) is 3.06. The number of likely N-dealkylation sites (tertiary alicyclic amines) is 1. The summed E-state index contributed by atoms with van der Waals surface area (Å²) < 4.78 is 1.86. The molecule has 1 aromatic heterocycles. The van der Waals surface area contributed by atoms with Crippen molar-refractivity contribution in [1.29, 1.82) is 0 Å². The van der Waals surface area contributed by atoms with Crippen molar-refractivity contribution in [3.8, 4) is 11.3 Å². The molecule has 26 heavy (non-hydrogen) atoms. The Morgan fingerprint density at radius 3 is 2.46 bits per heavy atom. The molecule has 132 valence electrons. The van der Waals surface area contributed by atoms with Crippen LogP contribution in [0.25, 0.3) is 11.3 Å². The molecule has 1 aliphatic heterocycles. The Bertz CT molecular complexity index is 856. The molecular formula is C20H21N5O. The molecule has 6 nitrogen and oxygen atoms in total. The van der Waals surface area contributed by atoms with Gasteiger partial charge in [-0.15, -0.1) is 5.10 Å². The van der Waals surface area contributed by atoms with Crippen molar-refractivity contribution < 1.29 is 4.79 Å². The first-order valence-corrected chi connectivity index (χ1v) is 8.83. The summed E-state index contributed by atoms with van der Waals surface area (Å²) in [5.74, 6) is 0. The van der Waals surface area contributed by atoms with Gasteiger partial charge in [0, 0.05) is 25.2 Å². The summed E-state index contributed by atoms with van der Waals surface area (Å²) in [6.07, 6.45) is 2.79. The van der Waals surface area contributed by atoms with Gasteiger partial charge in [-0.05, 0) is 12.0 Å². The lowest BCUT2D eigenvalue weighted by Gasteiger charge is -2.38. The summed E-state index contributed by atoms with van der Waals surface area (Å²) in [6, 6.07) is 20.3. The van der Waals surface area contributed by atoms with E-state index in [9.17, 15) is 4.79 Å². The smallest absolute Gasteiger partial charge is 0.317 e. The average Bonchev–Trinajstić information content (AvgIpc) is 3.12. The van der Waals surface area contributed by atoms with E-state index in [2.05, 4.69) is 27.8 Å². The number of nitrogens with zero attached hydrogens (tertiary/aromatic N) is 4. The van der Waals surface area contributed by atoms with Gasteiger partial charge in [-0.25, -0.2) is 9.48 Å². The summed E-state index contributed by atoms with van der Waals surface area (Å²) in [5.41, 5.74) is 3.13. The fraction of sp³-hybridized carbons (Fsp3) is 0.250. The zero-order valence-corrected chi connectivity index (χ0v) is 14.5. The maximum absolute atomic E-state index is 12.2. The van der Waals surface area contributed by atoms with E-state index in [0.717, 1.165) is 17.7 Å². The Balaban J connectivity index is 1.25. The van der Waals surface area contributed by atoms with Gasteiger partial charge >= 0.3 is 6.03 Å². The van der Waals surface area contributed by atoms with Crippen LogP contribution in [0.3, 0.4) is 0 Å². The molecule has 3 aromatic rings. The topological polar surface area (TPSA) is 63.1 Å². The third-order valence-electron chi connectivity index (χ3n) is 4.64. The highest BCUT2D eigenvalue weighted by Gasteiger charge is 2.32. The van der Waals surface area contributed by atoms with Gasteiger partial charge in [-0.1, -0.05) is 65.9 Å². The van der Waals surface area contributed by atoms with Gasteiger partial charge < -0.3 is 10.2 Å². The number of hydrogen-bond donors (Lipinski definition) is 1. The zero-order chi connectivity index (χ0) is 17.8. The molecule has 1 N–H and O–H groups in total. The van der Waals surface area contributed by atoms with Crippen LogP contribution in [0.15, 0.2) is 66.9 Å². The van der Waals surface area contributed by atoms with E-state index >= 15 is 0 Å². The molecule has 0 radical (unpaired) electrons. The SMILES string of the molecule is O=C(NCCc1ccccc1)N1CC(n2cc(-c3ccccc3)nn2)C1. The lowest BCUT2D eigenvalue weighted by molar-refractivity contribution is 0.117. The maximum atomic E-state index is 12.2. The molecule has 0 unspecified atom stereocenters. The molecule has 1 saturated heterocycles. The van der Waals surface area contributed by atoms with Crippen LogP contribution in [0.2, 0.25) is 0 Å². The van der Waals surface area contributed by atoms with Crippen molar-refractivity contribution in [3.05, 3.63) is 72.4 Å². The largest absolute Gasteiger partial charge is 0.338 e. The molecule has 0 saturated carbocycles. The lowest BCUT2D eigenvalue weighted by atomic mass is 10.1. The minimum Gasteiger partial charge on any atom is -0.338 e. The third-order valence-corrected chi connectivity index (χ3v) is 4.64. The molecule has 0 aliphatic carbocycles. The predicted molar refractivity (Wildman–Crippen MR) is 99.6 cm³/mol. The monoisotopic (exact) mass is 347 g/mol. The van der Waals surface area contributed by atoms with Crippen molar-refractivity contribution in [2.45, 2.75) is 12.5 Å². The predicted octanol–water partition coefficient (Wildman–Crippen LogP) is 2.75. The number of urea groups is 1. The lowest BCUT2D eigenvalue weighted by Crippen LogP contribution is -2.54. The molecular weight excluding hydrogens is 326 g/mol. The Kier molecular flexibility index (Phi) is 4.64. The van der Waals surface area contributed by atoms with E-state index < -0.39 is 0 Å². The summed E-state index contributed by atoms with van der Waals surface area (Å²) in [5, 5.41) is 11.4. The normalized spacial score (nSPS) is 14.1. The fourth-order valence-electron chi connectivity index (χ4n) is 3.06. The molecule has 4 rings (SSSR count). The van der Waals surface area contributed by atoms with Crippen LogP contribution in [0.4, 0.5) is 4.79 Å². The van der Waals surface area contributed by atoms with Crippen molar-refractivity contribution >= 4 is 6.03 Å². The molecule has 1 aliphatic rings. The molecule has 0 atom stereocenters. The third kappa shape index (κ3) is 3.59. The number of hydrogen-bond acceptors (Lipinski definition) is 3. The summed E-state index contributed by atoms with van der Waals surface area (Å²) >= 11 is 0. The molecule has 0 bridgehead atoms. The molecule has 6 heteroatoms. The van der Waals surface area contributed by atoms with Gasteiger partial charge in [-0.3, -0.25) is 0 Å². The minimum atomic E-state index is -0.0134. The standard InChI is InChI=1S/C20H21N5O/c26-20(21-12-11-16-7-3-1-4-8-16)24-13-18(14-24)25-15-19(22-23-25)17-9-5-2-6-10-17/h1-10,15,18H,11-14H2,(H,21,26). The van der Waals surface area contributed by atoms with Gasteiger partial charge in [0.1, 0.15) is 5.69 Å². The van der Waals surface area contributed by atoms with Crippen molar-refractivity contribution in [3.63, 3.8) is 0 Å². The summed E-state index contributed by atoms with van der Waals surface area (Å²) in [7, 11) is 0. The van der Waals surface area contributed by atoms with E-state index in [-0.39, 0.29) is 12.1 Å². The van der Waals surface area contributed by atoms with Crippen LogP contribution in [-0.4, -0.2) is 45.6 Å². The minimum absolute atomic E-state index is 0.0134. The summed E-state index contributed by atoms with van der Waals surface area (Å²) in [6.45, 7) is 1.97. The highest BCUT2D eigenvalue weighted by molar-refractivity contribution is 5.75. The van der Waals surface area contributed by atoms with Crippen molar-refractivity contribution in [2.24, 2.45) is 0 Å². The van der Waals surface area contributed by atoms with Crippen molar-refractivity contribution in [1.82, 2.24) is 25.2 Å². The summed E-state index contributed by atoms with van der Waals surface area (Å²) in [4.78, 5) is 14.0. The van der Waals surface area contributed by atoms with Crippen LogP contribution >= 0.6 is 0 Å². The number of carbonyl (C=O) groups excluding carboxylic acids is 1. The molecule has 1 fully saturated rings. The van der Waals surface area contributed by atoms with E-state index in [4.69, 9.17) is 0 Å². The molecule has 2 heterocycles. The van der Waals surface area contributed by atoms with Crippen LogP contribution in [0.1, 0.15) is 11.6 Å². The Labute approximate surface area is 152 Å². The second-order valence-electron chi connectivity index (χ2n) is 6.48. The maximum Gasteiger partial charge on any atom is 0.317 e. The molecule has 0 spiro atoms. The van der Waals surface area contributed by atoms with Gasteiger partial charge in [0.2, 0.25) is 0 Å². The quantitative estimate of drug-likeness (QED) is 0.772. The highest BCUT2D eigenvalue weighted by atomic mass is 16.2. The zero-order valence-electron chi connectivity index (χ0n) is 14.5. The first-order chi connectivity index (χ1) is 12.8. The second kappa shape index (κ2) is 7.39. The average molecular weight is 347 g/mol. The van der Waals surface area contributed by atoms with Crippen molar-refractivity contribution in [2.75, 3.05) is 19.6 Å². The highest BCUT2D eigenvalue weighted by Crippen LogP contribution is 2.23. The van der Waals surface area contributed by atoms with E-state index in [1.54, 1.807) is 4.90 Å². The van der Waals surface area contributed by atoms with Gasteiger partial charge in [-0.2, -0.15) is 0 Å². The van der Waals surface area contributed by atoms with E-state index in [1.165, 1.54) is 5.56 Å². The van der Waals surface area contributed by atoms with Crippen LogP contribution in [0.5, 0.6) is 0 Å². The van der Waals surface area contributed by atoms with E-state index in [1.807, 2.05) is 59.4 Å². The Hall–Kier alpha value is -3.15. The Morgan fingerprint density at radius 2 is 1.73 bits per heavy atom. The van der Waals surface area contributed by atoms with Crippen LogP contribution < -0.4 is 5.32 Å². The first-order valence-electron chi connectivity index (χ1n) is 8.83. The number of benzene rings is 2. The van der Waals surface area contributed by atoms with E-state index in [0.29, 0.717) is 19.6 Å².